The van der Waals surface area contributed by atoms with Crippen molar-refractivity contribution in [3.63, 3.8) is 0 Å². The highest BCUT2D eigenvalue weighted by Gasteiger charge is 2.38. The number of carbonyl (C=O) groups is 2. The van der Waals surface area contributed by atoms with Gasteiger partial charge in [0.05, 0.1) is 5.41 Å². The predicted molar refractivity (Wildman–Crippen MR) is 130 cm³/mol. The highest BCUT2D eigenvalue weighted by Crippen LogP contribution is 2.38. The van der Waals surface area contributed by atoms with Crippen molar-refractivity contribution in [2.45, 2.75) is 52.0 Å². The standard InChI is InChI=1S/C25H31N7O3/c1-15(2)25(4,19-7-5-17(6-8-19)18-13-27-24(26)28-14-18)23-30-22(35-31-23)21(34)29-20-9-11-32(12-10-20)16(3)33/h5-8,13-15,20H,9-12H2,1-4H3,(H,29,34)(H2,26,27,28). The number of aromatic nitrogens is 4. The molecule has 10 heteroatoms. The Morgan fingerprint density at radius 3 is 2.31 bits per heavy atom. The van der Waals surface area contributed by atoms with E-state index in [1.54, 1.807) is 24.2 Å². The summed E-state index contributed by atoms with van der Waals surface area (Å²) < 4.78 is 5.38. The molecule has 4 rings (SSSR count). The molecule has 1 aliphatic rings. The molecule has 0 radical (unpaired) electrons. The Bertz CT molecular complexity index is 1180. The number of amides is 2. The summed E-state index contributed by atoms with van der Waals surface area (Å²) in [4.78, 5) is 38.7. The lowest BCUT2D eigenvalue weighted by atomic mass is 9.72. The van der Waals surface area contributed by atoms with E-state index in [1.165, 1.54) is 0 Å². The van der Waals surface area contributed by atoms with Crippen LogP contribution in [0.4, 0.5) is 5.95 Å². The van der Waals surface area contributed by atoms with Crippen molar-refractivity contribution in [2.75, 3.05) is 18.8 Å². The number of piperidine rings is 1. The van der Waals surface area contributed by atoms with E-state index < -0.39 is 11.3 Å². The van der Waals surface area contributed by atoms with Crippen LogP contribution in [-0.4, -0.2) is 56.0 Å². The molecule has 1 saturated heterocycles. The van der Waals surface area contributed by atoms with Crippen LogP contribution < -0.4 is 11.1 Å². The van der Waals surface area contributed by atoms with Gasteiger partial charge in [0.2, 0.25) is 11.9 Å². The summed E-state index contributed by atoms with van der Waals surface area (Å²) in [6.45, 7) is 9.02. The lowest BCUT2D eigenvalue weighted by molar-refractivity contribution is -0.129. The third-order valence-corrected chi connectivity index (χ3v) is 7.00. The summed E-state index contributed by atoms with van der Waals surface area (Å²) in [6, 6.07) is 7.99. The van der Waals surface area contributed by atoms with Crippen LogP contribution in [0.2, 0.25) is 0 Å². The van der Waals surface area contributed by atoms with Crippen LogP contribution in [0.15, 0.2) is 41.2 Å². The molecule has 1 aromatic carbocycles. The SMILES string of the molecule is CC(=O)N1CCC(NC(=O)c2nc(C(C)(c3ccc(-c4cnc(N)nc4)cc3)C(C)C)no2)CC1. The zero-order chi connectivity index (χ0) is 25.2. The minimum absolute atomic E-state index is 0.0326. The maximum atomic E-state index is 12.8. The number of hydrogen-bond donors (Lipinski definition) is 2. The van der Waals surface area contributed by atoms with Gasteiger partial charge in [0.25, 0.3) is 0 Å². The van der Waals surface area contributed by atoms with E-state index in [0.29, 0.717) is 31.8 Å². The third-order valence-electron chi connectivity index (χ3n) is 7.00. The Kier molecular flexibility index (Phi) is 6.81. The fraction of sp³-hybridized carbons (Fsp3) is 0.440. The average Bonchev–Trinajstić information content (AvgIpc) is 3.35. The number of rotatable bonds is 6. The van der Waals surface area contributed by atoms with Gasteiger partial charge in [-0.1, -0.05) is 43.3 Å². The molecule has 2 amide bonds. The molecule has 3 aromatic rings. The monoisotopic (exact) mass is 477 g/mol. The minimum Gasteiger partial charge on any atom is -0.368 e. The van der Waals surface area contributed by atoms with Crippen LogP contribution in [0, 0.1) is 5.92 Å². The fourth-order valence-electron chi connectivity index (χ4n) is 4.33. The highest BCUT2D eigenvalue weighted by atomic mass is 16.5. The normalized spacial score (nSPS) is 16.2. The number of benzene rings is 1. The molecule has 3 heterocycles. The number of nitrogens with zero attached hydrogens (tertiary/aromatic N) is 5. The van der Waals surface area contributed by atoms with Gasteiger partial charge < -0.3 is 20.5 Å². The van der Waals surface area contributed by atoms with Crippen molar-refractivity contribution < 1.29 is 14.1 Å². The lowest BCUT2D eigenvalue weighted by Crippen LogP contribution is -2.46. The molecular formula is C25H31N7O3. The minimum atomic E-state index is -0.578. The number of nitrogen functional groups attached to an aromatic ring is 1. The van der Waals surface area contributed by atoms with Crippen LogP contribution in [0.5, 0.6) is 0 Å². The van der Waals surface area contributed by atoms with Crippen molar-refractivity contribution in [2.24, 2.45) is 5.92 Å². The smallest absolute Gasteiger partial charge is 0.315 e. The van der Waals surface area contributed by atoms with E-state index in [9.17, 15) is 9.59 Å². The van der Waals surface area contributed by atoms with Gasteiger partial charge in [-0.3, -0.25) is 9.59 Å². The van der Waals surface area contributed by atoms with Gasteiger partial charge in [0.1, 0.15) is 0 Å². The Morgan fingerprint density at radius 1 is 1.11 bits per heavy atom. The Balaban J connectivity index is 1.50. The summed E-state index contributed by atoms with van der Waals surface area (Å²) in [7, 11) is 0. The summed E-state index contributed by atoms with van der Waals surface area (Å²) in [5.74, 6) is 0.409. The van der Waals surface area contributed by atoms with Crippen LogP contribution in [-0.2, 0) is 10.2 Å². The maximum absolute atomic E-state index is 12.8. The molecule has 3 N–H and O–H groups in total. The van der Waals surface area contributed by atoms with Gasteiger partial charge in [-0.2, -0.15) is 4.98 Å². The van der Waals surface area contributed by atoms with Crippen LogP contribution in [0.1, 0.15) is 62.6 Å². The molecule has 1 unspecified atom stereocenters. The molecule has 0 aliphatic carbocycles. The van der Waals surface area contributed by atoms with Gasteiger partial charge in [0.15, 0.2) is 5.82 Å². The number of nitrogens with one attached hydrogen (secondary N) is 1. The maximum Gasteiger partial charge on any atom is 0.315 e. The lowest BCUT2D eigenvalue weighted by Gasteiger charge is -2.31. The molecule has 2 aromatic heterocycles. The first-order chi connectivity index (χ1) is 16.7. The molecule has 10 nitrogen and oxygen atoms in total. The molecule has 35 heavy (non-hydrogen) atoms. The zero-order valence-electron chi connectivity index (χ0n) is 20.5. The number of carbonyl (C=O) groups excluding carboxylic acids is 2. The van der Waals surface area contributed by atoms with E-state index >= 15 is 0 Å². The van der Waals surface area contributed by atoms with Crippen molar-refractivity contribution in [1.29, 1.82) is 0 Å². The number of nitrogens with two attached hydrogens (primary N) is 1. The molecule has 1 fully saturated rings. The van der Waals surface area contributed by atoms with E-state index in [0.717, 1.165) is 16.7 Å². The predicted octanol–water partition coefficient (Wildman–Crippen LogP) is 2.81. The first-order valence-corrected chi connectivity index (χ1v) is 11.8. The molecule has 0 spiro atoms. The molecule has 0 saturated carbocycles. The molecule has 1 atom stereocenters. The molecular weight excluding hydrogens is 446 g/mol. The topological polar surface area (TPSA) is 140 Å². The summed E-state index contributed by atoms with van der Waals surface area (Å²) in [5, 5.41) is 7.16. The number of anilines is 1. The fourth-order valence-corrected chi connectivity index (χ4v) is 4.33. The third kappa shape index (κ3) is 5.01. The van der Waals surface area contributed by atoms with Crippen molar-refractivity contribution in [1.82, 2.24) is 30.3 Å². The Morgan fingerprint density at radius 2 is 1.74 bits per heavy atom. The van der Waals surface area contributed by atoms with Gasteiger partial charge in [0, 0.05) is 44.0 Å². The van der Waals surface area contributed by atoms with Crippen LogP contribution >= 0.6 is 0 Å². The van der Waals surface area contributed by atoms with E-state index in [1.807, 2.05) is 31.2 Å². The summed E-state index contributed by atoms with van der Waals surface area (Å²) in [6.07, 6.45) is 4.77. The van der Waals surface area contributed by atoms with E-state index in [2.05, 4.69) is 39.3 Å². The first-order valence-electron chi connectivity index (χ1n) is 11.8. The van der Waals surface area contributed by atoms with Crippen molar-refractivity contribution in [3.05, 3.63) is 53.9 Å². The quantitative estimate of drug-likeness (QED) is 0.552. The van der Waals surface area contributed by atoms with Gasteiger partial charge in [-0.25, -0.2) is 9.97 Å². The Labute approximate surface area is 204 Å². The summed E-state index contributed by atoms with van der Waals surface area (Å²) in [5.41, 5.74) is 7.83. The van der Waals surface area contributed by atoms with Gasteiger partial charge in [-0.05, 0) is 36.8 Å². The zero-order valence-corrected chi connectivity index (χ0v) is 20.5. The van der Waals surface area contributed by atoms with E-state index in [-0.39, 0.29) is 29.7 Å². The average molecular weight is 478 g/mol. The molecule has 184 valence electrons. The second kappa shape index (κ2) is 9.81. The second-order valence-corrected chi connectivity index (χ2v) is 9.44. The van der Waals surface area contributed by atoms with Crippen LogP contribution in [0.25, 0.3) is 11.1 Å². The number of hydrogen-bond acceptors (Lipinski definition) is 8. The first kappa shape index (κ1) is 24.3. The van der Waals surface area contributed by atoms with Crippen LogP contribution in [0.3, 0.4) is 0 Å². The number of likely N-dealkylation sites (tertiary alicyclic amines) is 1. The molecule has 0 bridgehead atoms. The van der Waals surface area contributed by atoms with Crippen molar-refractivity contribution >= 4 is 17.8 Å². The largest absolute Gasteiger partial charge is 0.368 e. The summed E-state index contributed by atoms with van der Waals surface area (Å²) >= 11 is 0. The van der Waals surface area contributed by atoms with Crippen molar-refractivity contribution in [3.8, 4) is 11.1 Å². The molecule has 1 aliphatic heterocycles. The highest BCUT2D eigenvalue weighted by molar-refractivity contribution is 5.89. The second-order valence-electron chi connectivity index (χ2n) is 9.44. The Hall–Kier alpha value is -3.82. The van der Waals surface area contributed by atoms with Gasteiger partial charge >= 0.3 is 11.8 Å². The van der Waals surface area contributed by atoms with Gasteiger partial charge in [-0.15, -0.1) is 0 Å². The van der Waals surface area contributed by atoms with E-state index in [4.69, 9.17) is 10.3 Å².